The predicted molar refractivity (Wildman–Crippen MR) is 121 cm³/mol. The van der Waals surface area contributed by atoms with Crippen LogP contribution in [0, 0.1) is 0 Å². The molecule has 0 fully saturated rings. The maximum atomic E-state index is 12.7. The maximum Gasteiger partial charge on any atom is 0.362 e. The average molecular weight is 486 g/mol. The zero-order chi connectivity index (χ0) is 24.5. The second-order valence-corrected chi connectivity index (χ2v) is 8.91. The van der Waals surface area contributed by atoms with Gasteiger partial charge in [-0.15, -0.1) is 0 Å². The van der Waals surface area contributed by atoms with E-state index in [1.54, 1.807) is 0 Å². The molecule has 10 nitrogen and oxygen atoms in total. The van der Waals surface area contributed by atoms with Crippen LogP contribution in [-0.2, 0) is 11.2 Å². The van der Waals surface area contributed by atoms with Gasteiger partial charge >= 0.3 is 7.60 Å². The smallest absolute Gasteiger partial charge is 0.362 e. The second-order valence-electron chi connectivity index (χ2n) is 7.32. The van der Waals surface area contributed by atoms with E-state index in [4.69, 9.17) is 23.7 Å². The van der Waals surface area contributed by atoms with E-state index in [9.17, 15) is 24.7 Å². The maximum absolute atomic E-state index is 12.7. The van der Waals surface area contributed by atoms with Crippen molar-refractivity contribution in [1.82, 2.24) is 0 Å². The first-order chi connectivity index (χ1) is 16.1. The van der Waals surface area contributed by atoms with Crippen LogP contribution in [0.1, 0.15) is 5.56 Å². The lowest BCUT2D eigenvalue weighted by Crippen LogP contribution is -2.04. The van der Waals surface area contributed by atoms with Crippen molar-refractivity contribution in [2.24, 2.45) is 0 Å². The largest absolute Gasteiger partial charge is 0.507 e. The van der Waals surface area contributed by atoms with E-state index in [0.717, 1.165) is 17.7 Å². The molecule has 0 bridgehead atoms. The summed E-state index contributed by atoms with van der Waals surface area (Å²) in [5, 5.41) is 30.5. The van der Waals surface area contributed by atoms with E-state index >= 15 is 0 Å². The van der Waals surface area contributed by atoms with Crippen LogP contribution in [0.3, 0.4) is 0 Å². The standard InChI is InChI=1S/C23H19O10P/c24-16-7-6-14(8-18(16)32-12-34(28,29)30)23-22(27)21(26)20-17(25)9-15(10-19(20)33-23)31-11-13-4-2-1-3-5-13/h1-10,24-25,27H,11-12H2,(H2,28,29,30). The Morgan fingerprint density at radius 1 is 0.882 bits per heavy atom. The summed E-state index contributed by atoms with van der Waals surface area (Å²) in [5.74, 6) is -2.08. The Morgan fingerprint density at radius 2 is 1.62 bits per heavy atom. The molecule has 4 rings (SSSR count). The molecule has 0 saturated carbocycles. The molecule has 0 unspecified atom stereocenters. The van der Waals surface area contributed by atoms with Crippen LogP contribution in [0.2, 0.25) is 0 Å². The number of fused-ring (bicyclic) bond motifs is 1. The fraction of sp³-hybridized carbons (Fsp3) is 0.0870. The SMILES string of the molecule is O=c1c(O)c(-c2ccc(O)c(OCP(=O)(O)O)c2)oc2cc(OCc3ccccc3)cc(O)c12. The molecule has 11 heteroatoms. The summed E-state index contributed by atoms with van der Waals surface area (Å²) in [6.45, 7) is 0.194. The number of hydrogen-bond donors (Lipinski definition) is 5. The van der Waals surface area contributed by atoms with Crippen LogP contribution in [0.4, 0.5) is 0 Å². The van der Waals surface area contributed by atoms with Crippen LogP contribution >= 0.6 is 7.60 Å². The molecule has 0 aliphatic rings. The van der Waals surface area contributed by atoms with Crippen LogP contribution in [-0.4, -0.2) is 31.5 Å². The number of phenolic OH excluding ortho intramolecular Hbond substituents is 2. The van der Waals surface area contributed by atoms with Crippen LogP contribution in [0.25, 0.3) is 22.3 Å². The normalized spacial score (nSPS) is 11.5. The van der Waals surface area contributed by atoms with Crippen LogP contribution < -0.4 is 14.9 Å². The number of aromatic hydroxyl groups is 3. The van der Waals surface area contributed by atoms with Crippen molar-refractivity contribution in [3.05, 3.63) is 76.5 Å². The molecule has 0 spiro atoms. The zero-order valence-corrected chi connectivity index (χ0v) is 18.3. The first-order valence-corrected chi connectivity index (χ1v) is 11.6. The number of ether oxygens (including phenoxy) is 2. The molecule has 176 valence electrons. The molecule has 0 aliphatic heterocycles. The zero-order valence-electron chi connectivity index (χ0n) is 17.4. The molecule has 1 aromatic heterocycles. The highest BCUT2D eigenvalue weighted by atomic mass is 31.2. The molecule has 5 N–H and O–H groups in total. The topological polar surface area (TPSA) is 167 Å². The van der Waals surface area contributed by atoms with Gasteiger partial charge in [-0.1, -0.05) is 30.3 Å². The first-order valence-electron chi connectivity index (χ1n) is 9.82. The van der Waals surface area contributed by atoms with Gasteiger partial charge < -0.3 is 39.0 Å². The summed E-state index contributed by atoms with van der Waals surface area (Å²) in [4.78, 5) is 30.7. The Morgan fingerprint density at radius 3 is 2.32 bits per heavy atom. The lowest BCUT2D eigenvalue weighted by Gasteiger charge is -2.12. The number of phenols is 2. The molecule has 0 radical (unpaired) electrons. The van der Waals surface area contributed by atoms with E-state index in [-0.39, 0.29) is 40.4 Å². The summed E-state index contributed by atoms with van der Waals surface area (Å²) < 4.78 is 27.4. The van der Waals surface area contributed by atoms with Gasteiger partial charge in [-0.2, -0.15) is 0 Å². The van der Waals surface area contributed by atoms with Crippen LogP contribution in [0.15, 0.2) is 69.9 Å². The van der Waals surface area contributed by atoms with Crippen molar-refractivity contribution in [3.8, 4) is 40.1 Å². The minimum absolute atomic E-state index is 0.0742. The fourth-order valence-corrected chi connectivity index (χ4v) is 3.52. The van der Waals surface area contributed by atoms with Gasteiger partial charge in [0.25, 0.3) is 0 Å². The monoisotopic (exact) mass is 486 g/mol. The number of hydrogen-bond acceptors (Lipinski definition) is 8. The molecule has 0 amide bonds. The summed E-state index contributed by atoms with van der Waals surface area (Å²) in [6.07, 6.45) is -0.992. The van der Waals surface area contributed by atoms with Gasteiger partial charge in [-0.25, -0.2) is 0 Å². The van der Waals surface area contributed by atoms with Gasteiger partial charge in [0.15, 0.2) is 23.6 Å². The molecule has 0 aliphatic carbocycles. The first kappa shape index (κ1) is 23.2. The molecular weight excluding hydrogens is 467 g/mol. The van der Waals surface area contributed by atoms with E-state index in [2.05, 4.69) is 0 Å². The average Bonchev–Trinajstić information content (AvgIpc) is 2.79. The van der Waals surface area contributed by atoms with Crippen molar-refractivity contribution in [2.75, 3.05) is 6.35 Å². The molecular formula is C23H19O10P. The van der Waals surface area contributed by atoms with Crippen molar-refractivity contribution >= 4 is 18.6 Å². The third-order valence-electron chi connectivity index (χ3n) is 4.78. The minimum atomic E-state index is -4.53. The fourth-order valence-electron chi connectivity index (χ4n) is 3.21. The van der Waals surface area contributed by atoms with Crippen molar-refractivity contribution in [3.63, 3.8) is 0 Å². The Kier molecular flexibility index (Phi) is 6.21. The third-order valence-corrected chi connectivity index (χ3v) is 5.25. The molecule has 1 heterocycles. The Labute approximate surface area is 192 Å². The predicted octanol–water partition coefficient (Wildman–Crippen LogP) is 3.67. The molecule has 4 aromatic rings. The summed E-state index contributed by atoms with van der Waals surface area (Å²) in [5.41, 5.74) is -0.0345. The molecule has 34 heavy (non-hydrogen) atoms. The number of benzene rings is 3. The lowest BCUT2D eigenvalue weighted by atomic mass is 10.1. The van der Waals surface area contributed by atoms with E-state index in [1.165, 1.54) is 18.2 Å². The highest BCUT2D eigenvalue weighted by molar-refractivity contribution is 7.51. The van der Waals surface area contributed by atoms with Crippen molar-refractivity contribution < 1.29 is 43.6 Å². The van der Waals surface area contributed by atoms with Gasteiger partial charge in [0, 0.05) is 17.7 Å². The molecule has 0 saturated heterocycles. The highest BCUT2D eigenvalue weighted by Crippen LogP contribution is 2.40. The Hall–Kier alpha value is -3.98. The van der Waals surface area contributed by atoms with E-state index < -0.39 is 36.6 Å². The highest BCUT2D eigenvalue weighted by Gasteiger charge is 2.21. The van der Waals surface area contributed by atoms with E-state index in [0.29, 0.717) is 0 Å². The van der Waals surface area contributed by atoms with Gasteiger partial charge in [0.1, 0.15) is 29.1 Å². The number of rotatable bonds is 7. The van der Waals surface area contributed by atoms with Crippen LogP contribution in [0.5, 0.6) is 28.7 Å². The molecule has 0 atom stereocenters. The van der Waals surface area contributed by atoms with Gasteiger partial charge in [0.05, 0.1) is 0 Å². The second kappa shape index (κ2) is 9.11. The lowest BCUT2D eigenvalue weighted by molar-refractivity contribution is 0.292. The van der Waals surface area contributed by atoms with Gasteiger partial charge in [0.2, 0.25) is 11.2 Å². The Bertz CT molecular complexity index is 1460. The summed E-state index contributed by atoms with van der Waals surface area (Å²) in [7, 11) is -4.53. The van der Waals surface area contributed by atoms with Gasteiger partial charge in [-0.05, 0) is 23.8 Å². The third kappa shape index (κ3) is 4.99. The summed E-state index contributed by atoms with van der Waals surface area (Å²) in [6, 6.07) is 15.5. The summed E-state index contributed by atoms with van der Waals surface area (Å²) >= 11 is 0. The Balaban J connectivity index is 1.74. The van der Waals surface area contributed by atoms with E-state index in [1.807, 2.05) is 30.3 Å². The molecule has 3 aromatic carbocycles. The quantitative estimate of drug-likeness (QED) is 0.243. The van der Waals surface area contributed by atoms with Crippen molar-refractivity contribution in [1.29, 1.82) is 0 Å². The van der Waals surface area contributed by atoms with Gasteiger partial charge in [-0.3, -0.25) is 9.36 Å². The van der Waals surface area contributed by atoms with Crippen molar-refractivity contribution in [2.45, 2.75) is 6.61 Å². The minimum Gasteiger partial charge on any atom is -0.507 e.